The molecule has 2 aliphatic heterocycles. The van der Waals surface area contributed by atoms with E-state index in [0.29, 0.717) is 5.56 Å². The van der Waals surface area contributed by atoms with Crippen LogP contribution in [0.1, 0.15) is 48.9 Å². The van der Waals surface area contributed by atoms with E-state index in [1.165, 1.54) is 12.8 Å². The van der Waals surface area contributed by atoms with E-state index in [2.05, 4.69) is 10.6 Å². The Morgan fingerprint density at radius 3 is 2.25 bits per heavy atom. The molecule has 2 amide bonds. The van der Waals surface area contributed by atoms with Crippen LogP contribution in [0.2, 0.25) is 0 Å². The fourth-order valence-electron chi connectivity index (χ4n) is 3.29. The number of hydrogen-bond acceptors (Lipinski definition) is 3. The number of amides is 2. The quantitative estimate of drug-likeness (QED) is 0.880. The first-order valence-electron chi connectivity index (χ1n) is 8.67. The van der Waals surface area contributed by atoms with Gasteiger partial charge in [0.25, 0.3) is 5.91 Å². The van der Waals surface area contributed by atoms with Crippen LogP contribution >= 0.6 is 12.4 Å². The molecule has 2 saturated heterocycles. The summed E-state index contributed by atoms with van der Waals surface area (Å²) in [5, 5.41) is 6.10. The Morgan fingerprint density at radius 1 is 1.00 bits per heavy atom. The van der Waals surface area contributed by atoms with Gasteiger partial charge in [-0.3, -0.25) is 9.59 Å². The molecule has 0 aromatic heterocycles. The van der Waals surface area contributed by atoms with Crippen molar-refractivity contribution in [2.45, 2.75) is 44.6 Å². The van der Waals surface area contributed by atoms with Crippen molar-refractivity contribution in [3.63, 3.8) is 0 Å². The number of nitrogens with one attached hydrogen (secondary N) is 2. The van der Waals surface area contributed by atoms with Gasteiger partial charge < -0.3 is 15.5 Å². The second kappa shape index (κ2) is 9.04. The van der Waals surface area contributed by atoms with E-state index in [9.17, 15) is 9.59 Å². The molecule has 0 radical (unpaired) electrons. The topological polar surface area (TPSA) is 61.4 Å². The number of rotatable bonds is 3. The van der Waals surface area contributed by atoms with E-state index < -0.39 is 0 Å². The maximum atomic E-state index is 12.5. The SMILES string of the molecule is Cl.O=C(Nc1ccc(C(=O)N2CCCCCC2)cc1)C1CCCN1. The lowest BCUT2D eigenvalue weighted by Crippen LogP contribution is -2.35. The third-order valence-electron chi connectivity index (χ3n) is 4.67. The summed E-state index contributed by atoms with van der Waals surface area (Å²) < 4.78 is 0. The smallest absolute Gasteiger partial charge is 0.253 e. The average molecular weight is 352 g/mol. The molecule has 132 valence electrons. The molecule has 0 aliphatic carbocycles. The van der Waals surface area contributed by atoms with E-state index in [-0.39, 0.29) is 30.3 Å². The predicted octanol–water partition coefficient (Wildman–Crippen LogP) is 2.82. The van der Waals surface area contributed by atoms with E-state index in [0.717, 1.165) is 51.0 Å². The highest BCUT2D eigenvalue weighted by Crippen LogP contribution is 2.16. The first-order valence-corrected chi connectivity index (χ1v) is 8.67. The Hall–Kier alpha value is -1.59. The molecule has 2 N–H and O–H groups in total. The highest BCUT2D eigenvalue weighted by molar-refractivity contribution is 5.97. The van der Waals surface area contributed by atoms with Crippen LogP contribution in [0.5, 0.6) is 0 Å². The fourth-order valence-corrected chi connectivity index (χ4v) is 3.29. The third kappa shape index (κ3) is 4.71. The second-order valence-electron chi connectivity index (χ2n) is 6.42. The number of nitrogens with zero attached hydrogens (tertiary/aromatic N) is 1. The molecule has 24 heavy (non-hydrogen) atoms. The van der Waals surface area contributed by atoms with Crippen LogP contribution < -0.4 is 10.6 Å². The molecule has 1 unspecified atom stereocenters. The zero-order valence-electron chi connectivity index (χ0n) is 13.9. The van der Waals surface area contributed by atoms with Crippen LogP contribution in [0, 0.1) is 0 Å². The molecule has 1 aromatic rings. The van der Waals surface area contributed by atoms with Crippen molar-refractivity contribution >= 4 is 29.9 Å². The van der Waals surface area contributed by atoms with Crippen LogP contribution in [0.3, 0.4) is 0 Å². The normalized spacial score (nSPS) is 20.8. The molecule has 0 spiro atoms. The van der Waals surface area contributed by atoms with Gasteiger partial charge in [-0.15, -0.1) is 12.4 Å². The number of likely N-dealkylation sites (tertiary alicyclic amines) is 1. The monoisotopic (exact) mass is 351 g/mol. The second-order valence-corrected chi connectivity index (χ2v) is 6.42. The van der Waals surface area contributed by atoms with Gasteiger partial charge in [0.2, 0.25) is 5.91 Å². The lowest BCUT2D eigenvalue weighted by atomic mass is 10.1. The number of carbonyl (C=O) groups is 2. The third-order valence-corrected chi connectivity index (χ3v) is 4.67. The minimum Gasteiger partial charge on any atom is -0.339 e. The minimum atomic E-state index is -0.0894. The maximum absolute atomic E-state index is 12.5. The molecule has 0 saturated carbocycles. The van der Waals surface area contributed by atoms with Crippen LogP contribution in [0.4, 0.5) is 5.69 Å². The van der Waals surface area contributed by atoms with Gasteiger partial charge in [0.1, 0.15) is 0 Å². The number of halogens is 1. The molecule has 2 aliphatic rings. The summed E-state index contributed by atoms with van der Waals surface area (Å²) in [6, 6.07) is 7.17. The van der Waals surface area contributed by atoms with Gasteiger partial charge in [0.05, 0.1) is 6.04 Å². The van der Waals surface area contributed by atoms with E-state index in [1.807, 2.05) is 29.2 Å². The molecular formula is C18H26ClN3O2. The Kier molecular flexibility index (Phi) is 7.06. The summed E-state index contributed by atoms with van der Waals surface area (Å²) in [6.45, 7) is 2.61. The van der Waals surface area contributed by atoms with E-state index >= 15 is 0 Å². The van der Waals surface area contributed by atoms with Crippen molar-refractivity contribution in [3.05, 3.63) is 29.8 Å². The number of hydrogen-bond donors (Lipinski definition) is 2. The summed E-state index contributed by atoms with van der Waals surface area (Å²) in [5.41, 5.74) is 1.44. The summed E-state index contributed by atoms with van der Waals surface area (Å²) >= 11 is 0. The standard InChI is InChI=1S/C18H25N3O2.ClH/c22-17(16-6-5-11-19-16)20-15-9-7-14(8-10-15)18(23)21-12-3-1-2-4-13-21;/h7-10,16,19H,1-6,11-13H2,(H,20,22);1H. The summed E-state index contributed by atoms with van der Waals surface area (Å²) in [5.74, 6) is 0.108. The first-order chi connectivity index (χ1) is 11.2. The Labute approximate surface area is 149 Å². The molecule has 5 nitrogen and oxygen atoms in total. The molecule has 2 heterocycles. The molecule has 6 heteroatoms. The molecule has 1 aromatic carbocycles. The van der Waals surface area contributed by atoms with Crippen molar-refractivity contribution in [2.24, 2.45) is 0 Å². The van der Waals surface area contributed by atoms with Crippen molar-refractivity contribution in [1.29, 1.82) is 0 Å². The summed E-state index contributed by atoms with van der Waals surface area (Å²) in [6.07, 6.45) is 6.54. The first kappa shape index (κ1) is 18.7. The Balaban J connectivity index is 0.00000208. The lowest BCUT2D eigenvalue weighted by Gasteiger charge is -2.20. The van der Waals surface area contributed by atoms with Crippen LogP contribution in [0.15, 0.2) is 24.3 Å². The van der Waals surface area contributed by atoms with Crippen molar-refractivity contribution in [1.82, 2.24) is 10.2 Å². The highest BCUT2D eigenvalue weighted by atomic mass is 35.5. The number of carbonyl (C=O) groups excluding carboxylic acids is 2. The van der Waals surface area contributed by atoms with E-state index in [4.69, 9.17) is 0 Å². The largest absolute Gasteiger partial charge is 0.339 e. The van der Waals surface area contributed by atoms with Crippen LogP contribution in [-0.2, 0) is 4.79 Å². The van der Waals surface area contributed by atoms with Gasteiger partial charge in [-0.2, -0.15) is 0 Å². The van der Waals surface area contributed by atoms with Gasteiger partial charge in [-0.25, -0.2) is 0 Å². The highest BCUT2D eigenvalue weighted by Gasteiger charge is 2.22. The minimum absolute atomic E-state index is 0. The number of anilines is 1. The summed E-state index contributed by atoms with van der Waals surface area (Å²) in [4.78, 5) is 26.5. The van der Waals surface area contributed by atoms with Crippen molar-refractivity contribution in [2.75, 3.05) is 25.0 Å². The van der Waals surface area contributed by atoms with Gasteiger partial charge >= 0.3 is 0 Å². The average Bonchev–Trinajstić information content (AvgIpc) is 2.98. The Bertz CT molecular complexity index is 548. The van der Waals surface area contributed by atoms with Gasteiger partial charge in [-0.1, -0.05) is 12.8 Å². The zero-order chi connectivity index (χ0) is 16.1. The van der Waals surface area contributed by atoms with Crippen LogP contribution in [-0.4, -0.2) is 42.4 Å². The molecule has 1 atom stereocenters. The van der Waals surface area contributed by atoms with Crippen molar-refractivity contribution < 1.29 is 9.59 Å². The molecule has 3 rings (SSSR count). The zero-order valence-corrected chi connectivity index (χ0v) is 14.7. The molecule has 0 bridgehead atoms. The number of benzene rings is 1. The molecule has 2 fully saturated rings. The van der Waals surface area contributed by atoms with Crippen molar-refractivity contribution in [3.8, 4) is 0 Å². The van der Waals surface area contributed by atoms with Gasteiger partial charge in [-0.05, 0) is 56.5 Å². The summed E-state index contributed by atoms with van der Waals surface area (Å²) in [7, 11) is 0. The Morgan fingerprint density at radius 2 is 1.67 bits per heavy atom. The fraction of sp³-hybridized carbons (Fsp3) is 0.556. The van der Waals surface area contributed by atoms with E-state index in [1.54, 1.807) is 0 Å². The van der Waals surface area contributed by atoms with Crippen LogP contribution in [0.25, 0.3) is 0 Å². The van der Waals surface area contributed by atoms with Gasteiger partial charge in [0, 0.05) is 24.3 Å². The lowest BCUT2D eigenvalue weighted by molar-refractivity contribution is -0.117. The maximum Gasteiger partial charge on any atom is 0.253 e. The molecular weight excluding hydrogens is 326 g/mol. The van der Waals surface area contributed by atoms with Gasteiger partial charge in [0.15, 0.2) is 0 Å². The predicted molar refractivity (Wildman–Crippen MR) is 97.7 cm³/mol.